The van der Waals surface area contributed by atoms with E-state index in [0.717, 1.165) is 25.9 Å². The summed E-state index contributed by atoms with van der Waals surface area (Å²) in [5.74, 6) is 0.611. The molecule has 1 saturated heterocycles. The molecule has 2 aromatic rings. The summed E-state index contributed by atoms with van der Waals surface area (Å²) in [5, 5.41) is 10.6. The Labute approximate surface area is 159 Å². The number of nitrogens with zero attached hydrogens (tertiary/aromatic N) is 3. The van der Waals surface area contributed by atoms with Gasteiger partial charge in [0.1, 0.15) is 11.6 Å². The topological polar surface area (TPSA) is 71.8 Å². The van der Waals surface area contributed by atoms with E-state index in [4.69, 9.17) is 0 Å². The van der Waals surface area contributed by atoms with E-state index in [-0.39, 0.29) is 35.9 Å². The molecule has 1 atom stereocenters. The minimum atomic E-state index is -0.349. The van der Waals surface area contributed by atoms with Crippen LogP contribution in [0.4, 0.5) is 4.39 Å². The zero-order valence-corrected chi connectivity index (χ0v) is 15.9. The van der Waals surface area contributed by atoms with Crippen molar-refractivity contribution >= 4 is 18.3 Å². The summed E-state index contributed by atoms with van der Waals surface area (Å²) in [4.78, 5) is 16.8. The van der Waals surface area contributed by atoms with E-state index < -0.39 is 0 Å². The first kappa shape index (κ1) is 20.3. The monoisotopic (exact) mass is 381 g/mol. The Kier molecular flexibility index (Phi) is 7.11. The van der Waals surface area contributed by atoms with E-state index in [1.807, 2.05) is 13.8 Å². The van der Waals surface area contributed by atoms with Crippen LogP contribution in [0.15, 0.2) is 24.3 Å². The van der Waals surface area contributed by atoms with Crippen molar-refractivity contribution in [3.8, 4) is 5.69 Å². The van der Waals surface area contributed by atoms with Gasteiger partial charge in [0.05, 0.1) is 5.69 Å². The molecular weight excluding hydrogens is 357 g/mol. The Hall–Kier alpha value is -1.99. The summed E-state index contributed by atoms with van der Waals surface area (Å²) in [6.45, 7) is 6.51. The molecule has 0 aliphatic carbocycles. The molecule has 2 N–H and O–H groups in total. The van der Waals surface area contributed by atoms with Crippen molar-refractivity contribution in [2.75, 3.05) is 19.6 Å². The first-order chi connectivity index (χ1) is 12.0. The third kappa shape index (κ3) is 4.80. The van der Waals surface area contributed by atoms with Crippen molar-refractivity contribution in [2.24, 2.45) is 5.92 Å². The number of carbonyl (C=O) groups excluding carboxylic acids is 1. The summed E-state index contributed by atoms with van der Waals surface area (Å²) >= 11 is 0. The second kappa shape index (κ2) is 9.09. The molecule has 0 spiro atoms. The molecule has 1 aliphatic rings. The maximum atomic E-state index is 13.5. The van der Waals surface area contributed by atoms with Gasteiger partial charge in [0.2, 0.25) is 5.82 Å². The molecule has 6 nitrogen and oxygen atoms in total. The van der Waals surface area contributed by atoms with Crippen LogP contribution in [0.3, 0.4) is 0 Å². The van der Waals surface area contributed by atoms with E-state index in [9.17, 15) is 9.18 Å². The number of nitrogens with one attached hydrogen (secondary N) is 2. The zero-order chi connectivity index (χ0) is 17.8. The largest absolute Gasteiger partial charge is 0.349 e. The third-order valence-electron chi connectivity index (χ3n) is 4.35. The van der Waals surface area contributed by atoms with Crippen LogP contribution in [0.1, 0.15) is 49.1 Å². The van der Waals surface area contributed by atoms with Crippen LogP contribution in [0.2, 0.25) is 0 Å². The summed E-state index contributed by atoms with van der Waals surface area (Å²) in [6, 6.07) is 6.13. The highest BCUT2D eigenvalue weighted by Crippen LogP contribution is 2.18. The number of halogens is 2. The predicted molar refractivity (Wildman–Crippen MR) is 101 cm³/mol. The van der Waals surface area contributed by atoms with E-state index in [2.05, 4.69) is 20.7 Å². The maximum absolute atomic E-state index is 13.5. The molecule has 0 radical (unpaired) electrons. The highest BCUT2D eigenvalue weighted by molar-refractivity contribution is 5.90. The molecule has 3 rings (SSSR count). The number of amides is 1. The SMILES string of the molecule is CC(C)c1nc(C(=O)NCC2CCCNC2)nn1-c1cccc(F)c1.Cl. The molecule has 1 aromatic carbocycles. The van der Waals surface area contributed by atoms with Crippen LogP contribution in [-0.2, 0) is 0 Å². The Balaban J connectivity index is 0.00000243. The minimum absolute atomic E-state index is 0. The van der Waals surface area contributed by atoms with Crippen molar-refractivity contribution < 1.29 is 9.18 Å². The Morgan fingerprint density at radius 1 is 1.46 bits per heavy atom. The van der Waals surface area contributed by atoms with Gasteiger partial charge in [-0.2, -0.15) is 0 Å². The lowest BCUT2D eigenvalue weighted by Gasteiger charge is -2.22. The van der Waals surface area contributed by atoms with Crippen molar-refractivity contribution in [1.29, 1.82) is 0 Å². The molecule has 1 amide bonds. The number of aromatic nitrogens is 3. The molecule has 0 bridgehead atoms. The fraction of sp³-hybridized carbons (Fsp3) is 0.500. The zero-order valence-electron chi connectivity index (χ0n) is 15.0. The summed E-state index contributed by atoms with van der Waals surface area (Å²) < 4.78 is 15.1. The molecule has 1 aliphatic heterocycles. The van der Waals surface area contributed by atoms with Gasteiger partial charge < -0.3 is 10.6 Å². The molecule has 1 aromatic heterocycles. The highest BCUT2D eigenvalue weighted by atomic mass is 35.5. The van der Waals surface area contributed by atoms with E-state index >= 15 is 0 Å². The van der Waals surface area contributed by atoms with Crippen molar-refractivity contribution in [3.05, 3.63) is 41.7 Å². The van der Waals surface area contributed by atoms with Gasteiger partial charge in [-0.25, -0.2) is 14.1 Å². The van der Waals surface area contributed by atoms with Crippen molar-refractivity contribution in [1.82, 2.24) is 25.4 Å². The van der Waals surface area contributed by atoms with Crippen LogP contribution in [0.25, 0.3) is 5.69 Å². The standard InChI is InChI=1S/C18H24FN5O.ClH/c1-12(2)17-22-16(18(25)21-11-13-5-4-8-20-10-13)23-24(17)15-7-3-6-14(19)9-15;/h3,6-7,9,12-13,20H,4-5,8,10-11H2,1-2H3,(H,21,25);1H. The lowest BCUT2D eigenvalue weighted by atomic mass is 10.00. The molecule has 142 valence electrons. The summed E-state index contributed by atoms with van der Waals surface area (Å²) in [5.41, 5.74) is 0.562. The van der Waals surface area contributed by atoms with Crippen molar-refractivity contribution in [3.63, 3.8) is 0 Å². The van der Waals surface area contributed by atoms with Crippen LogP contribution < -0.4 is 10.6 Å². The Morgan fingerprint density at radius 2 is 2.27 bits per heavy atom. The van der Waals surface area contributed by atoms with Gasteiger partial charge in [-0.05, 0) is 50.0 Å². The second-order valence-corrected chi connectivity index (χ2v) is 6.76. The molecule has 26 heavy (non-hydrogen) atoms. The molecule has 0 saturated carbocycles. The average Bonchev–Trinajstić information content (AvgIpc) is 3.06. The molecule has 1 unspecified atom stereocenters. The fourth-order valence-corrected chi connectivity index (χ4v) is 3.01. The lowest BCUT2D eigenvalue weighted by molar-refractivity contribution is 0.0934. The lowest BCUT2D eigenvalue weighted by Crippen LogP contribution is -2.38. The maximum Gasteiger partial charge on any atom is 0.290 e. The van der Waals surface area contributed by atoms with Crippen LogP contribution >= 0.6 is 12.4 Å². The van der Waals surface area contributed by atoms with E-state index in [0.29, 0.717) is 24.0 Å². The minimum Gasteiger partial charge on any atom is -0.349 e. The number of carbonyl (C=O) groups is 1. The van der Waals surface area contributed by atoms with Gasteiger partial charge in [0, 0.05) is 12.5 Å². The van der Waals surface area contributed by atoms with E-state index in [1.54, 1.807) is 16.8 Å². The van der Waals surface area contributed by atoms with Crippen molar-refractivity contribution in [2.45, 2.75) is 32.6 Å². The molecule has 1 fully saturated rings. The predicted octanol–water partition coefficient (Wildman–Crippen LogP) is 2.68. The third-order valence-corrected chi connectivity index (χ3v) is 4.35. The van der Waals surface area contributed by atoms with Gasteiger partial charge >= 0.3 is 0 Å². The highest BCUT2D eigenvalue weighted by Gasteiger charge is 2.21. The number of rotatable bonds is 5. The number of hydrogen-bond acceptors (Lipinski definition) is 4. The number of benzene rings is 1. The second-order valence-electron chi connectivity index (χ2n) is 6.76. The molecule has 2 heterocycles. The first-order valence-corrected chi connectivity index (χ1v) is 8.76. The van der Waals surface area contributed by atoms with Gasteiger partial charge in [-0.1, -0.05) is 19.9 Å². The number of piperidine rings is 1. The Morgan fingerprint density at radius 3 is 2.92 bits per heavy atom. The van der Waals surface area contributed by atoms with Crippen LogP contribution in [-0.4, -0.2) is 40.3 Å². The smallest absolute Gasteiger partial charge is 0.290 e. The van der Waals surface area contributed by atoms with Crippen LogP contribution in [0, 0.1) is 11.7 Å². The normalized spacial score (nSPS) is 17.0. The first-order valence-electron chi connectivity index (χ1n) is 8.76. The molecular formula is C18H25ClFN5O. The molecule has 8 heteroatoms. The number of hydrogen-bond donors (Lipinski definition) is 2. The summed E-state index contributed by atoms with van der Waals surface area (Å²) in [6.07, 6.45) is 2.24. The van der Waals surface area contributed by atoms with Gasteiger partial charge in [0.15, 0.2) is 0 Å². The van der Waals surface area contributed by atoms with Crippen LogP contribution in [0.5, 0.6) is 0 Å². The summed E-state index contributed by atoms with van der Waals surface area (Å²) in [7, 11) is 0. The van der Waals surface area contributed by atoms with Gasteiger partial charge in [0.25, 0.3) is 5.91 Å². The fourth-order valence-electron chi connectivity index (χ4n) is 3.01. The average molecular weight is 382 g/mol. The quantitative estimate of drug-likeness (QED) is 0.835. The van der Waals surface area contributed by atoms with Gasteiger partial charge in [-0.3, -0.25) is 4.79 Å². The van der Waals surface area contributed by atoms with E-state index in [1.165, 1.54) is 12.1 Å². The Bertz CT molecular complexity index is 743. The van der Waals surface area contributed by atoms with Gasteiger partial charge in [-0.15, -0.1) is 17.5 Å².